The number of halogens is 1. The molecule has 1 saturated carbocycles. The Morgan fingerprint density at radius 3 is 2.84 bits per heavy atom. The molecule has 2 unspecified atom stereocenters. The minimum atomic E-state index is 0.620. The summed E-state index contributed by atoms with van der Waals surface area (Å²) in [6, 6.07) is 6.74. The topological polar surface area (TPSA) is 12.0 Å². The van der Waals surface area contributed by atoms with Crippen LogP contribution < -0.4 is 5.32 Å². The molecule has 0 amide bonds. The van der Waals surface area contributed by atoms with Crippen LogP contribution in [0.2, 0.25) is 5.02 Å². The standard InChI is InChI=1S/C17H26ClN/c1-12(2)9-14-5-4-6-16(10-14)19-17-11-15(18)8-7-13(17)3/h7-8,11-12,14,16,19H,4-6,9-10H2,1-3H3. The molecule has 0 radical (unpaired) electrons. The van der Waals surface area contributed by atoms with Gasteiger partial charge in [-0.3, -0.25) is 0 Å². The van der Waals surface area contributed by atoms with Crippen LogP contribution in [0.5, 0.6) is 0 Å². The first-order chi connectivity index (χ1) is 9.04. The van der Waals surface area contributed by atoms with Gasteiger partial charge in [0, 0.05) is 16.8 Å². The summed E-state index contributed by atoms with van der Waals surface area (Å²) in [6.45, 7) is 6.81. The third kappa shape index (κ3) is 4.42. The van der Waals surface area contributed by atoms with E-state index in [1.54, 1.807) is 0 Å². The number of hydrogen-bond donors (Lipinski definition) is 1. The number of rotatable bonds is 4. The fourth-order valence-electron chi connectivity index (χ4n) is 3.27. The second-order valence-electron chi connectivity index (χ2n) is 6.46. The van der Waals surface area contributed by atoms with E-state index in [1.165, 1.54) is 43.4 Å². The van der Waals surface area contributed by atoms with E-state index in [0.717, 1.165) is 16.9 Å². The van der Waals surface area contributed by atoms with Crippen LogP contribution in [0.25, 0.3) is 0 Å². The molecular weight excluding hydrogens is 254 g/mol. The molecule has 1 N–H and O–H groups in total. The number of nitrogens with one attached hydrogen (secondary N) is 1. The normalized spacial score (nSPS) is 23.6. The molecule has 1 aromatic carbocycles. The van der Waals surface area contributed by atoms with Gasteiger partial charge < -0.3 is 5.32 Å². The highest BCUT2D eigenvalue weighted by atomic mass is 35.5. The molecule has 0 aromatic heterocycles. The van der Waals surface area contributed by atoms with Crippen molar-refractivity contribution in [1.29, 1.82) is 0 Å². The van der Waals surface area contributed by atoms with E-state index in [9.17, 15) is 0 Å². The molecule has 1 aliphatic carbocycles. The van der Waals surface area contributed by atoms with Crippen molar-refractivity contribution in [1.82, 2.24) is 0 Å². The van der Waals surface area contributed by atoms with Gasteiger partial charge in [0.1, 0.15) is 0 Å². The fourth-order valence-corrected chi connectivity index (χ4v) is 3.44. The quantitative estimate of drug-likeness (QED) is 0.749. The molecule has 1 aromatic rings. The van der Waals surface area contributed by atoms with E-state index in [4.69, 9.17) is 11.6 Å². The third-order valence-electron chi connectivity index (χ3n) is 4.15. The second kappa shape index (κ2) is 6.65. The maximum absolute atomic E-state index is 6.09. The fraction of sp³-hybridized carbons (Fsp3) is 0.647. The van der Waals surface area contributed by atoms with Crippen LogP contribution >= 0.6 is 11.6 Å². The molecule has 2 atom stereocenters. The van der Waals surface area contributed by atoms with Gasteiger partial charge in [-0.2, -0.15) is 0 Å². The van der Waals surface area contributed by atoms with Gasteiger partial charge in [-0.1, -0.05) is 44.4 Å². The van der Waals surface area contributed by atoms with Crippen LogP contribution in [-0.4, -0.2) is 6.04 Å². The molecule has 0 heterocycles. The summed E-state index contributed by atoms with van der Waals surface area (Å²) in [5.74, 6) is 1.71. The smallest absolute Gasteiger partial charge is 0.0426 e. The van der Waals surface area contributed by atoms with Crippen molar-refractivity contribution in [3.8, 4) is 0 Å². The minimum absolute atomic E-state index is 0.620. The summed E-state index contributed by atoms with van der Waals surface area (Å²) in [4.78, 5) is 0. The Balaban J connectivity index is 1.96. The summed E-state index contributed by atoms with van der Waals surface area (Å²) in [6.07, 6.45) is 6.73. The lowest BCUT2D eigenvalue weighted by Crippen LogP contribution is -2.28. The number of hydrogen-bond acceptors (Lipinski definition) is 1. The molecule has 19 heavy (non-hydrogen) atoms. The molecule has 0 saturated heterocycles. The first-order valence-electron chi connectivity index (χ1n) is 7.57. The van der Waals surface area contributed by atoms with Gasteiger partial charge in [-0.25, -0.2) is 0 Å². The zero-order chi connectivity index (χ0) is 13.8. The molecule has 1 aliphatic rings. The van der Waals surface area contributed by atoms with E-state index in [0.29, 0.717) is 6.04 Å². The Labute approximate surface area is 122 Å². The Morgan fingerprint density at radius 2 is 2.11 bits per heavy atom. The Kier molecular flexibility index (Phi) is 5.15. The number of benzene rings is 1. The van der Waals surface area contributed by atoms with Crippen molar-refractivity contribution in [2.75, 3.05) is 5.32 Å². The van der Waals surface area contributed by atoms with Crippen LogP contribution in [0.15, 0.2) is 18.2 Å². The van der Waals surface area contributed by atoms with Crippen LogP contribution in [0.3, 0.4) is 0 Å². The SMILES string of the molecule is Cc1ccc(Cl)cc1NC1CCCC(CC(C)C)C1. The van der Waals surface area contributed by atoms with Gasteiger partial charge in [0.2, 0.25) is 0 Å². The Morgan fingerprint density at radius 1 is 1.32 bits per heavy atom. The average Bonchev–Trinajstić information content (AvgIpc) is 2.33. The zero-order valence-electron chi connectivity index (χ0n) is 12.4. The Bertz CT molecular complexity index is 414. The third-order valence-corrected chi connectivity index (χ3v) is 4.38. The molecular formula is C17H26ClN. The van der Waals surface area contributed by atoms with E-state index in [-0.39, 0.29) is 0 Å². The summed E-state index contributed by atoms with van der Waals surface area (Å²) in [5, 5.41) is 4.53. The predicted molar refractivity (Wildman–Crippen MR) is 85.0 cm³/mol. The monoisotopic (exact) mass is 279 g/mol. The van der Waals surface area contributed by atoms with Gasteiger partial charge in [0.25, 0.3) is 0 Å². The van der Waals surface area contributed by atoms with Gasteiger partial charge in [0.15, 0.2) is 0 Å². The highest BCUT2D eigenvalue weighted by Gasteiger charge is 2.22. The molecule has 0 spiro atoms. The van der Waals surface area contributed by atoms with Crippen LogP contribution in [0, 0.1) is 18.8 Å². The molecule has 0 bridgehead atoms. The van der Waals surface area contributed by atoms with Crippen molar-refractivity contribution < 1.29 is 0 Å². The second-order valence-corrected chi connectivity index (χ2v) is 6.90. The predicted octanol–water partition coefficient (Wildman–Crippen LogP) is 5.67. The first kappa shape index (κ1) is 14.7. The Hall–Kier alpha value is -0.690. The van der Waals surface area contributed by atoms with Crippen LogP contribution in [-0.2, 0) is 0 Å². The van der Waals surface area contributed by atoms with Gasteiger partial charge in [0.05, 0.1) is 0 Å². The van der Waals surface area contributed by atoms with Crippen molar-refractivity contribution in [3.63, 3.8) is 0 Å². The molecule has 106 valence electrons. The maximum Gasteiger partial charge on any atom is 0.0426 e. The van der Waals surface area contributed by atoms with Crippen molar-refractivity contribution in [2.45, 2.75) is 58.9 Å². The van der Waals surface area contributed by atoms with E-state index >= 15 is 0 Å². The van der Waals surface area contributed by atoms with Crippen molar-refractivity contribution in [2.24, 2.45) is 11.8 Å². The largest absolute Gasteiger partial charge is 0.382 e. The van der Waals surface area contributed by atoms with E-state index in [2.05, 4.69) is 38.2 Å². The summed E-state index contributed by atoms with van der Waals surface area (Å²) in [7, 11) is 0. The lowest BCUT2D eigenvalue weighted by molar-refractivity contribution is 0.289. The minimum Gasteiger partial charge on any atom is -0.382 e. The van der Waals surface area contributed by atoms with Crippen molar-refractivity contribution >= 4 is 17.3 Å². The average molecular weight is 280 g/mol. The van der Waals surface area contributed by atoms with Gasteiger partial charge >= 0.3 is 0 Å². The van der Waals surface area contributed by atoms with E-state index < -0.39 is 0 Å². The highest BCUT2D eigenvalue weighted by Crippen LogP contribution is 2.32. The zero-order valence-corrected chi connectivity index (χ0v) is 13.1. The van der Waals surface area contributed by atoms with Gasteiger partial charge in [-0.15, -0.1) is 0 Å². The first-order valence-corrected chi connectivity index (χ1v) is 7.95. The molecule has 1 fully saturated rings. The van der Waals surface area contributed by atoms with E-state index in [1.807, 2.05) is 6.07 Å². The lowest BCUT2D eigenvalue weighted by Gasteiger charge is -2.31. The number of aryl methyl sites for hydroxylation is 1. The number of anilines is 1. The highest BCUT2D eigenvalue weighted by molar-refractivity contribution is 6.30. The maximum atomic E-state index is 6.09. The lowest BCUT2D eigenvalue weighted by atomic mass is 9.81. The molecule has 0 aliphatic heterocycles. The van der Waals surface area contributed by atoms with Crippen molar-refractivity contribution in [3.05, 3.63) is 28.8 Å². The van der Waals surface area contributed by atoms with Crippen LogP contribution in [0.4, 0.5) is 5.69 Å². The molecule has 2 rings (SSSR count). The molecule has 2 heteroatoms. The summed E-state index contributed by atoms with van der Waals surface area (Å²) < 4.78 is 0. The van der Waals surface area contributed by atoms with Gasteiger partial charge in [-0.05, 0) is 55.7 Å². The molecule has 1 nitrogen and oxygen atoms in total. The summed E-state index contributed by atoms with van der Waals surface area (Å²) in [5.41, 5.74) is 2.50. The summed E-state index contributed by atoms with van der Waals surface area (Å²) >= 11 is 6.09. The van der Waals surface area contributed by atoms with Crippen LogP contribution in [0.1, 0.15) is 51.5 Å².